The van der Waals surface area contributed by atoms with Crippen LogP contribution < -0.4 is 0 Å². The van der Waals surface area contributed by atoms with Crippen LogP contribution in [0.1, 0.15) is 52.9 Å². The minimum Gasteiger partial charge on any atom is -0.455 e. The first-order valence-corrected chi connectivity index (χ1v) is 13.3. The molecule has 2 saturated heterocycles. The van der Waals surface area contributed by atoms with Gasteiger partial charge in [0.2, 0.25) is 0 Å². The van der Waals surface area contributed by atoms with E-state index in [0.717, 1.165) is 25.8 Å². The number of carbonyl (C=O) groups is 2. The maximum absolute atomic E-state index is 12.8. The minimum absolute atomic E-state index is 0.113. The molecule has 0 N–H and O–H groups in total. The van der Waals surface area contributed by atoms with Crippen molar-refractivity contribution in [2.24, 2.45) is 16.7 Å². The third-order valence-corrected chi connectivity index (χ3v) is 10.2. The number of hydrogen-bond donors (Lipinski definition) is 0. The molecular formula is C22H32N2O5S2. The summed E-state index contributed by atoms with van der Waals surface area (Å²) in [5.74, 6) is -0.871. The highest BCUT2D eigenvalue weighted by molar-refractivity contribution is 7.91. The van der Waals surface area contributed by atoms with Crippen molar-refractivity contribution in [2.75, 3.05) is 26.2 Å². The molecule has 3 heterocycles. The third kappa shape index (κ3) is 4.68. The number of rotatable bonds is 5. The Morgan fingerprint density at radius 1 is 1.19 bits per heavy atom. The fraction of sp³-hybridized carbons (Fsp3) is 0.727. The maximum atomic E-state index is 12.8. The number of amides is 1. The van der Waals surface area contributed by atoms with Crippen LogP contribution in [0.3, 0.4) is 0 Å². The number of sulfonamides is 1. The van der Waals surface area contributed by atoms with Gasteiger partial charge in [0.1, 0.15) is 4.21 Å². The molecule has 7 nitrogen and oxygen atoms in total. The van der Waals surface area contributed by atoms with Crippen molar-refractivity contribution in [3.05, 3.63) is 17.5 Å². The van der Waals surface area contributed by atoms with Crippen molar-refractivity contribution >= 4 is 33.2 Å². The van der Waals surface area contributed by atoms with Crippen LogP contribution in [-0.4, -0.2) is 61.8 Å². The molecule has 1 aromatic heterocycles. The number of piperidine rings is 1. The third-order valence-electron chi connectivity index (χ3n) is 6.95. The van der Waals surface area contributed by atoms with E-state index in [2.05, 4.69) is 20.8 Å². The molecule has 3 aliphatic rings. The summed E-state index contributed by atoms with van der Waals surface area (Å²) in [5.41, 5.74) is 0.369. The second-order valence-electron chi connectivity index (χ2n) is 10.5. The standard InChI is InChI=1S/C22H32N2O5S2/c1-21(2)11-17-12-22(3,14-21)15-24(17)18(25)13-29-20(26)16-6-8-23(9-7-16)31(27,28)19-5-4-10-30-19/h4-5,10,16-17H,6-9,11-15H2,1-3H3. The number of nitrogens with zero attached hydrogens (tertiary/aromatic N) is 2. The minimum atomic E-state index is -3.49. The van der Waals surface area contributed by atoms with E-state index in [-0.39, 0.29) is 48.4 Å². The molecule has 172 valence electrons. The van der Waals surface area contributed by atoms with Gasteiger partial charge >= 0.3 is 5.97 Å². The van der Waals surface area contributed by atoms with Crippen LogP contribution in [0.5, 0.6) is 0 Å². The van der Waals surface area contributed by atoms with Crippen molar-refractivity contribution < 1.29 is 22.7 Å². The topological polar surface area (TPSA) is 84.0 Å². The Labute approximate surface area is 188 Å². The number of esters is 1. The van der Waals surface area contributed by atoms with Crippen molar-refractivity contribution in [3.8, 4) is 0 Å². The van der Waals surface area contributed by atoms with Gasteiger partial charge in [-0.15, -0.1) is 11.3 Å². The van der Waals surface area contributed by atoms with Gasteiger partial charge in [-0.2, -0.15) is 4.31 Å². The van der Waals surface area contributed by atoms with Crippen molar-refractivity contribution in [3.63, 3.8) is 0 Å². The summed E-state index contributed by atoms with van der Waals surface area (Å²) in [6.07, 6.45) is 3.94. The number of fused-ring (bicyclic) bond motifs is 2. The highest BCUT2D eigenvalue weighted by Gasteiger charge is 2.51. The molecule has 3 fully saturated rings. The molecule has 1 amide bonds. The lowest BCUT2D eigenvalue weighted by Gasteiger charge is -2.39. The molecule has 1 aromatic rings. The van der Waals surface area contributed by atoms with E-state index >= 15 is 0 Å². The van der Waals surface area contributed by atoms with Gasteiger partial charge in [-0.25, -0.2) is 8.42 Å². The van der Waals surface area contributed by atoms with Gasteiger partial charge < -0.3 is 9.64 Å². The quantitative estimate of drug-likeness (QED) is 0.620. The maximum Gasteiger partial charge on any atom is 0.309 e. The second kappa shape index (κ2) is 8.15. The second-order valence-corrected chi connectivity index (χ2v) is 13.6. The van der Waals surface area contributed by atoms with E-state index in [1.165, 1.54) is 15.6 Å². The van der Waals surface area contributed by atoms with Crippen molar-refractivity contribution in [2.45, 2.75) is 63.1 Å². The first-order chi connectivity index (χ1) is 14.5. The summed E-state index contributed by atoms with van der Waals surface area (Å²) >= 11 is 1.20. The predicted molar refractivity (Wildman–Crippen MR) is 118 cm³/mol. The first-order valence-electron chi connectivity index (χ1n) is 11.0. The summed E-state index contributed by atoms with van der Waals surface area (Å²) in [4.78, 5) is 27.3. The summed E-state index contributed by atoms with van der Waals surface area (Å²) in [5, 5.41) is 1.74. The molecule has 2 unspecified atom stereocenters. The number of likely N-dealkylation sites (tertiary alicyclic amines) is 1. The average molecular weight is 469 g/mol. The highest BCUT2D eigenvalue weighted by Crippen LogP contribution is 2.52. The average Bonchev–Trinajstić information content (AvgIpc) is 3.32. The summed E-state index contributed by atoms with van der Waals surface area (Å²) < 4.78 is 32.4. The van der Waals surface area contributed by atoms with Crippen molar-refractivity contribution in [1.82, 2.24) is 9.21 Å². The van der Waals surface area contributed by atoms with Gasteiger partial charge in [-0.05, 0) is 54.4 Å². The summed E-state index contributed by atoms with van der Waals surface area (Å²) in [6, 6.07) is 3.54. The Balaban J connectivity index is 1.27. The zero-order valence-corrected chi connectivity index (χ0v) is 20.1. The van der Waals surface area contributed by atoms with Crippen LogP contribution in [-0.2, 0) is 24.3 Å². The van der Waals surface area contributed by atoms with Crippen LogP contribution >= 0.6 is 11.3 Å². The molecule has 2 atom stereocenters. The normalized spacial score (nSPS) is 29.1. The molecule has 0 radical (unpaired) electrons. The van der Waals surface area contributed by atoms with Gasteiger partial charge in [0.25, 0.3) is 15.9 Å². The lowest BCUT2D eigenvalue weighted by atomic mass is 9.65. The van der Waals surface area contributed by atoms with Gasteiger partial charge in [0.05, 0.1) is 5.92 Å². The largest absolute Gasteiger partial charge is 0.455 e. The lowest BCUT2D eigenvalue weighted by molar-refractivity contribution is -0.156. The predicted octanol–water partition coefficient (Wildman–Crippen LogP) is 3.12. The van der Waals surface area contributed by atoms with Crippen molar-refractivity contribution in [1.29, 1.82) is 0 Å². The number of ether oxygens (including phenoxy) is 1. The Bertz CT molecular complexity index is 935. The number of carbonyl (C=O) groups excluding carboxylic acids is 2. The highest BCUT2D eigenvalue weighted by atomic mass is 32.2. The van der Waals surface area contributed by atoms with Crippen LogP contribution in [0.4, 0.5) is 0 Å². The first kappa shape index (κ1) is 22.7. The summed E-state index contributed by atoms with van der Waals surface area (Å²) in [6.45, 7) is 7.85. The molecule has 2 bridgehead atoms. The van der Waals surface area contributed by atoms with Crippen LogP contribution in [0, 0.1) is 16.7 Å². The van der Waals surface area contributed by atoms with E-state index < -0.39 is 16.0 Å². The van der Waals surface area contributed by atoms with Crippen LogP contribution in [0.15, 0.2) is 21.7 Å². The van der Waals surface area contributed by atoms with E-state index in [0.29, 0.717) is 17.1 Å². The van der Waals surface area contributed by atoms with E-state index in [1.807, 2.05) is 4.90 Å². The van der Waals surface area contributed by atoms with Crippen LogP contribution in [0.25, 0.3) is 0 Å². The zero-order valence-electron chi connectivity index (χ0n) is 18.5. The Hall–Kier alpha value is -1.45. The molecule has 2 aliphatic heterocycles. The van der Waals surface area contributed by atoms with E-state index in [9.17, 15) is 18.0 Å². The van der Waals surface area contributed by atoms with Gasteiger partial charge in [-0.1, -0.05) is 26.8 Å². The molecule has 1 saturated carbocycles. The zero-order chi connectivity index (χ0) is 22.4. The molecule has 1 aliphatic carbocycles. The van der Waals surface area contributed by atoms with E-state index in [4.69, 9.17) is 4.74 Å². The lowest BCUT2D eigenvalue weighted by Crippen LogP contribution is -2.42. The van der Waals surface area contributed by atoms with E-state index in [1.54, 1.807) is 17.5 Å². The molecular weight excluding hydrogens is 436 g/mol. The number of thiophene rings is 1. The smallest absolute Gasteiger partial charge is 0.309 e. The fourth-order valence-electron chi connectivity index (χ4n) is 5.95. The molecule has 9 heteroatoms. The number of hydrogen-bond acceptors (Lipinski definition) is 6. The van der Waals surface area contributed by atoms with Gasteiger partial charge in [-0.3, -0.25) is 9.59 Å². The van der Waals surface area contributed by atoms with Gasteiger partial charge in [0.15, 0.2) is 6.61 Å². The molecule has 31 heavy (non-hydrogen) atoms. The summed E-state index contributed by atoms with van der Waals surface area (Å²) in [7, 11) is -3.49. The fourth-order valence-corrected chi connectivity index (χ4v) is 8.57. The Morgan fingerprint density at radius 3 is 2.55 bits per heavy atom. The van der Waals surface area contributed by atoms with Gasteiger partial charge in [0, 0.05) is 25.7 Å². The molecule has 4 rings (SSSR count). The Kier molecular flexibility index (Phi) is 5.98. The monoisotopic (exact) mass is 468 g/mol. The molecule has 0 aromatic carbocycles. The Morgan fingerprint density at radius 2 is 1.90 bits per heavy atom. The SMILES string of the molecule is CC1(C)CC2CC(C)(CN2C(=O)COC(=O)C2CCN(S(=O)(=O)c3cccs3)CC2)C1. The van der Waals surface area contributed by atoms with Crippen LogP contribution in [0.2, 0.25) is 0 Å². The molecule has 0 spiro atoms.